The minimum absolute atomic E-state index is 0.148. The van der Waals surface area contributed by atoms with Gasteiger partial charge in [-0.15, -0.1) is 0 Å². The minimum atomic E-state index is -1.36. The highest BCUT2D eigenvalue weighted by molar-refractivity contribution is 5.98. The molecule has 0 spiro atoms. The number of carboxylic acid groups (broad SMARTS) is 1. The number of carboxylic acids is 1. The molecule has 0 aliphatic carbocycles. The molecule has 140 valence electrons. The summed E-state index contributed by atoms with van der Waals surface area (Å²) in [5.74, 6) is -2.31. The van der Waals surface area contributed by atoms with Crippen LogP contribution < -0.4 is 10.6 Å². The molecule has 9 heteroatoms. The zero-order valence-electron chi connectivity index (χ0n) is 14.3. The van der Waals surface area contributed by atoms with Crippen molar-refractivity contribution in [1.29, 1.82) is 0 Å². The van der Waals surface area contributed by atoms with Gasteiger partial charge >= 0.3 is 5.97 Å². The van der Waals surface area contributed by atoms with Crippen LogP contribution in [-0.4, -0.2) is 33.9 Å². The first-order valence-corrected chi connectivity index (χ1v) is 7.91. The molecule has 0 bridgehead atoms. The Morgan fingerprint density at radius 2 is 1.85 bits per heavy atom. The number of nitro benzene ring substituents is 1. The first-order chi connectivity index (χ1) is 12.8. The fourth-order valence-corrected chi connectivity index (χ4v) is 2.46. The van der Waals surface area contributed by atoms with Crippen LogP contribution in [0.15, 0.2) is 48.5 Å². The molecule has 0 saturated heterocycles. The molecule has 9 nitrogen and oxygen atoms in total. The lowest BCUT2D eigenvalue weighted by molar-refractivity contribution is -0.385. The number of aliphatic carboxylic acids is 1. The summed E-state index contributed by atoms with van der Waals surface area (Å²) in [6, 6.07) is 10.4. The normalized spacial score (nSPS) is 11.3. The first-order valence-electron chi connectivity index (χ1n) is 7.91. The van der Waals surface area contributed by atoms with Gasteiger partial charge in [-0.25, -0.2) is 4.79 Å². The van der Waals surface area contributed by atoms with Crippen LogP contribution in [0.4, 0.5) is 11.4 Å². The Kier molecular flexibility index (Phi) is 6.21. The van der Waals surface area contributed by atoms with Gasteiger partial charge in [-0.1, -0.05) is 24.3 Å². The molecule has 0 fully saturated rings. The summed E-state index contributed by atoms with van der Waals surface area (Å²) in [5, 5.41) is 25.4. The monoisotopic (exact) mass is 371 g/mol. The minimum Gasteiger partial charge on any atom is -0.480 e. The Hall–Kier alpha value is -3.75. The Labute approximate surface area is 154 Å². The summed E-state index contributed by atoms with van der Waals surface area (Å²) in [6.45, 7) is 1.32. The fraction of sp³-hybridized carbons (Fsp3) is 0.167. The van der Waals surface area contributed by atoms with Crippen molar-refractivity contribution in [2.45, 2.75) is 19.4 Å². The van der Waals surface area contributed by atoms with Gasteiger partial charge < -0.3 is 15.7 Å². The van der Waals surface area contributed by atoms with Crippen LogP contribution >= 0.6 is 0 Å². The second kappa shape index (κ2) is 8.56. The molecule has 2 aromatic carbocycles. The molecule has 3 N–H and O–H groups in total. The average molecular weight is 371 g/mol. The van der Waals surface area contributed by atoms with Gasteiger partial charge in [0.2, 0.25) is 5.91 Å². The van der Waals surface area contributed by atoms with Crippen molar-refractivity contribution < 1.29 is 24.4 Å². The molecule has 0 aliphatic rings. The highest BCUT2D eigenvalue weighted by Gasteiger charge is 2.25. The largest absolute Gasteiger partial charge is 0.480 e. The Morgan fingerprint density at radius 1 is 1.15 bits per heavy atom. The second-order valence-electron chi connectivity index (χ2n) is 5.72. The van der Waals surface area contributed by atoms with Crippen LogP contribution in [0, 0.1) is 10.1 Å². The summed E-state index contributed by atoms with van der Waals surface area (Å²) in [7, 11) is 0. The fourth-order valence-electron chi connectivity index (χ4n) is 2.46. The number of rotatable bonds is 7. The summed E-state index contributed by atoms with van der Waals surface area (Å²) >= 11 is 0. The highest BCUT2D eigenvalue weighted by Crippen LogP contribution is 2.19. The maximum absolute atomic E-state index is 12.4. The highest BCUT2D eigenvalue weighted by atomic mass is 16.6. The van der Waals surface area contributed by atoms with Crippen LogP contribution in [0.5, 0.6) is 0 Å². The van der Waals surface area contributed by atoms with E-state index in [4.69, 9.17) is 0 Å². The third-order valence-electron chi connectivity index (χ3n) is 3.66. The number of carbonyl (C=O) groups excluding carboxylic acids is 2. The van der Waals surface area contributed by atoms with E-state index in [9.17, 15) is 29.6 Å². The van der Waals surface area contributed by atoms with Gasteiger partial charge in [0.05, 0.1) is 4.92 Å². The Balaban J connectivity index is 2.19. The van der Waals surface area contributed by atoms with E-state index in [1.165, 1.54) is 43.3 Å². The number of carbonyl (C=O) groups is 3. The Bertz CT molecular complexity index is 896. The number of benzene rings is 2. The number of nitro groups is 1. The maximum atomic E-state index is 12.4. The summed E-state index contributed by atoms with van der Waals surface area (Å²) in [6.07, 6.45) is -0.246. The van der Waals surface area contributed by atoms with Crippen molar-refractivity contribution in [2.75, 3.05) is 5.32 Å². The van der Waals surface area contributed by atoms with Crippen molar-refractivity contribution in [3.8, 4) is 0 Å². The molecule has 0 radical (unpaired) electrons. The van der Waals surface area contributed by atoms with Crippen LogP contribution in [0.3, 0.4) is 0 Å². The topological polar surface area (TPSA) is 139 Å². The van der Waals surface area contributed by atoms with Gasteiger partial charge in [0.1, 0.15) is 6.04 Å². The number of hydrogen-bond acceptors (Lipinski definition) is 5. The molecule has 0 aromatic heterocycles. The van der Waals surface area contributed by atoms with E-state index in [1.54, 1.807) is 12.1 Å². The molecule has 2 aromatic rings. The molecule has 2 rings (SSSR count). The van der Waals surface area contributed by atoms with E-state index < -0.39 is 22.8 Å². The average Bonchev–Trinajstić information content (AvgIpc) is 2.61. The summed E-state index contributed by atoms with van der Waals surface area (Å²) < 4.78 is 0. The predicted molar refractivity (Wildman–Crippen MR) is 96.4 cm³/mol. The van der Waals surface area contributed by atoms with Crippen molar-refractivity contribution in [2.24, 2.45) is 0 Å². The van der Waals surface area contributed by atoms with Crippen molar-refractivity contribution in [3.63, 3.8) is 0 Å². The quantitative estimate of drug-likeness (QED) is 0.502. The lowest BCUT2D eigenvalue weighted by Crippen LogP contribution is -2.42. The van der Waals surface area contributed by atoms with Gasteiger partial charge in [-0.3, -0.25) is 19.7 Å². The smallest absolute Gasteiger partial charge is 0.326 e. The van der Waals surface area contributed by atoms with E-state index in [2.05, 4.69) is 10.6 Å². The van der Waals surface area contributed by atoms with Crippen molar-refractivity contribution in [1.82, 2.24) is 5.32 Å². The Morgan fingerprint density at radius 3 is 2.48 bits per heavy atom. The van der Waals surface area contributed by atoms with Crippen LogP contribution in [-0.2, 0) is 16.0 Å². The van der Waals surface area contributed by atoms with Gasteiger partial charge in [-0.2, -0.15) is 0 Å². The van der Waals surface area contributed by atoms with Crippen LogP contribution in [0.25, 0.3) is 0 Å². The van der Waals surface area contributed by atoms with E-state index >= 15 is 0 Å². The van der Waals surface area contributed by atoms with Gasteiger partial charge in [0.25, 0.3) is 11.6 Å². The zero-order valence-corrected chi connectivity index (χ0v) is 14.3. The first kappa shape index (κ1) is 19.6. The summed E-state index contributed by atoms with van der Waals surface area (Å²) in [5.41, 5.74) is 0.517. The number of amides is 2. The molecular weight excluding hydrogens is 354 g/mol. The van der Waals surface area contributed by atoms with Gasteiger partial charge in [0.15, 0.2) is 0 Å². The summed E-state index contributed by atoms with van der Waals surface area (Å²) in [4.78, 5) is 45.5. The molecule has 0 heterocycles. The molecule has 27 heavy (non-hydrogen) atoms. The van der Waals surface area contributed by atoms with E-state index in [1.807, 2.05) is 0 Å². The van der Waals surface area contributed by atoms with Gasteiger partial charge in [-0.05, 0) is 18.2 Å². The number of anilines is 1. The van der Waals surface area contributed by atoms with Crippen molar-refractivity contribution >= 4 is 29.2 Å². The van der Waals surface area contributed by atoms with E-state index in [-0.39, 0.29) is 29.1 Å². The molecule has 0 unspecified atom stereocenters. The van der Waals surface area contributed by atoms with E-state index in [0.29, 0.717) is 5.69 Å². The molecule has 0 aliphatic heterocycles. The second-order valence-corrected chi connectivity index (χ2v) is 5.72. The van der Waals surface area contributed by atoms with Crippen LogP contribution in [0.1, 0.15) is 22.8 Å². The third-order valence-corrected chi connectivity index (χ3v) is 3.66. The lowest BCUT2D eigenvalue weighted by Gasteiger charge is -2.15. The molecule has 1 atom stereocenters. The number of para-hydroxylation sites is 1. The van der Waals surface area contributed by atoms with Gasteiger partial charge in [0, 0.05) is 36.2 Å². The maximum Gasteiger partial charge on any atom is 0.326 e. The number of hydrogen-bond donors (Lipinski definition) is 3. The lowest BCUT2D eigenvalue weighted by atomic mass is 10.0. The SMILES string of the molecule is CC(=O)Nc1cccc(C(=O)N[C@H](Cc2ccccc2[N+](=O)[O-])C(=O)O)c1. The van der Waals surface area contributed by atoms with E-state index in [0.717, 1.165) is 0 Å². The van der Waals surface area contributed by atoms with Crippen molar-refractivity contribution in [3.05, 3.63) is 69.8 Å². The predicted octanol–water partition coefficient (Wildman–Crippen LogP) is 1.98. The third kappa shape index (κ3) is 5.36. The number of nitrogens with one attached hydrogen (secondary N) is 2. The van der Waals surface area contributed by atoms with Crippen LogP contribution in [0.2, 0.25) is 0 Å². The molecule has 2 amide bonds. The zero-order chi connectivity index (χ0) is 20.0. The molecular formula is C18H17N3O6. The molecule has 0 saturated carbocycles. The number of nitrogens with zero attached hydrogens (tertiary/aromatic N) is 1. The standard InChI is InChI=1S/C18H17N3O6/c1-11(22)19-14-7-4-6-13(9-14)17(23)20-15(18(24)25)10-12-5-2-3-8-16(12)21(26)27/h2-9,15H,10H2,1H3,(H,19,22)(H,20,23)(H,24,25)/t15-/m1/s1.